The van der Waals surface area contributed by atoms with Crippen molar-refractivity contribution in [2.75, 3.05) is 32.1 Å². The van der Waals surface area contributed by atoms with Crippen molar-refractivity contribution in [2.24, 2.45) is 5.11 Å². The zero-order valence-corrected chi connectivity index (χ0v) is 10.9. The maximum atomic E-state index is 8.09. The van der Waals surface area contributed by atoms with Gasteiger partial charge in [-0.3, -0.25) is 0 Å². The fraction of sp³-hybridized carbons (Fsp3) is 0.308. The second kappa shape index (κ2) is 7.18. The highest BCUT2D eigenvalue weighted by atomic mass is 16.5. The van der Waals surface area contributed by atoms with E-state index in [1.165, 1.54) is 0 Å². The number of aromatic nitrogens is 1. The van der Waals surface area contributed by atoms with Gasteiger partial charge in [0.2, 0.25) is 0 Å². The van der Waals surface area contributed by atoms with Crippen LogP contribution in [0.1, 0.15) is 0 Å². The number of nitrogens with two attached hydrogens (primary N) is 1. The van der Waals surface area contributed by atoms with Gasteiger partial charge in [0.1, 0.15) is 18.2 Å². The molecule has 0 atom stereocenters. The molecule has 0 bridgehead atoms. The number of rotatable bonds is 7. The Morgan fingerprint density at radius 1 is 1.20 bits per heavy atom. The molecule has 2 N–H and O–H groups in total. The summed E-state index contributed by atoms with van der Waals surface area (Å²) in [5.74, 6) is 1.25. The topological polar surface area (TPSA) is 106 Å². The first kappa shape index (κ1) is 13.9. The fourth-order valence-corrected chi connectivity index (χ4v) is 1.68. The molecule has 0 aliphatic rings. The van der Waals surface area contributed by atoms with Crippen LogP contribution < -0.4 is 10.5 Å². The summed E-state index contributed by atoms with van der Waals surface area (Å²) in [5.41, 5.74) is 14.5. The van der Waals surface area contributed by atoms with E-state index in [1.807, 2.05) is 24.3 Å². The van der Waals surface area contributed by atoms with Gasteiger partial charge in [0.15, 0.2) is 0 Å². The van der Waals surface area contributed by atoms with E-state index in [4.69, 9.17) is 20.7 Å². The van der Waals surface area contributed by atoms with Crippen molar-refractivity contribution in [3.8, 4) is 5.75 Å². The molecule has 0 unspecified atom stereocenters. The van der Waals surface area contributed by atoms with E-state index in [-0.39, 0.29) is 0 Å². The normalized spacial score (nSPS) is 10.2. The van der Waals surface area contributed by atoms with Gasteiger partial charge in [-0.05, 0) is 35.9 Å². The molecule has 2 rings (SSSR count). The monoisotopic (exact) mass is 273 g/mol. The molecule has 104 valence electrons. The highest BCUT2D eigenvalue weighted by Gasteiger charge is 1.99. The molecule has 1 aromatic carbocycles. The number of benzene rings is 1. The minimum absolute atomic E-state index is 0.333. The van der Waals surface area contributed by atoms with Crippen LogP contribution in [0.3, 0.4) is 0 Å². The Hall–Kier alpha value is -2.50. The van der Waals surface area contributed by atoms with Crippen LogP contribution in [0.25, 0.3) is 21.3 Å². The third-order valence-electron chi connectivity index (χ3n) is 2.58. The molecule has 7 nitrogen and oxygen atoms in total. The maximum absolute atomic E-state index is 8.09. The van der Waals surface area contributed by atoms with Crippen LogP contribution in [-0.2, 0) is 4.74 Å². The average Bonchev–Trinajstić information content (AvgIpc) is 2.46. The largest absolute Gasteiger partial charge is 0.491 e. The summed E-state index contributed by atoms with van der Waals surface area (Å²) in [6, 6.07) is 9.27. The van der Waals surface area contributed by atoms with Gasteiger partial charge in [-0.1, -0.05) is 5.11 Å². The summed E-state index contributed by atoms with van der Waals surface area (Å²) >= 11 is 0. The number of nitrogen functional groups attached to an aromatic ring is 1. The molecule has 0 spiro atoms. The lowest BCUT2D eigenvalue weighted by atomic mass is 10.2. The van der Waals surface area contributed by atoms with E-state index >= 15 is 0 Å². The van der Waals surface area contributed by atoms with Crippen LogP contribution in [0.2, 0.25) is 0 Å². The predicted molar refractivity (Wildman–Crippen MR) is 76.5 cm³/mol. The number of nitrogens with zero attached hydrogens (tertiary/aromatic N) is 4. The Balaban J connectivity index is 1.81. The summed E-state index contributed by atoms with van der Waals surface area (Å²) in [7, 11) is 0. The smallest absolute Gasteiger partial charge is 0.124 e. The maximum Gasteiger partial charge on any atom is 0.124 e. The van der Waals surface area contributed by atoms with Gasteiger partial charge >= 0.3 is 0 Å². The van der Waals surface area contributed by atoms with E-state index in [0.717, 1.165) is 16.7 Å². The molecule has 7 heteroatoms. The number of ether oxygens (including phenoxy) is 2. The first-order valence-electron chi connectivity index (χ1n) is 6.17. The lowest BCUT2D eigenvalue weighted by Crippen LogP contribution is -2.08. The molecule has 20 heavy (non-hydrogen) atoms. The molecule has 1 aromatic heterocycles. The van der Waals surface area contributed by atoms with Crippen molar-refractivity contribution in [3.05, 3.63) is 40.8 Å². The Morgan fingerprint density at radius 2 is 2.10 bits per heavy atom. The van der Waals surface area contributed by atoms with Crippen LogP contribution in [0.4, 0.5) is 5.82 Å². The number of pyridine rings is 1. The molecule has 0 saturated carbocycles. The summed E-state index contributed by atoms with van der Waals surface area (Å²) < 4.78 is 10.8. The fourth-order valence-electron chi connectivity index (χ4n) is 1.68. The average molecular weight is 273 g/mol. The minimum atomic E-state index is 0.333. The zero-order valence-electron chi connectivity index (χ0n) is 10.9. The van der Waals surface area contributed by atoms with Crippen molar-refractivity contribution in [3.63, 3.8) is 0 Å². The third kappa shape index (κ3) is 4.01. The quantitative estimate of drug-likeness (QED) is 0.362. The lowest BCUT2D eigenvalue weighted by molar-refractivity contribution is 0.106. The standard InChI is InChI=1S/C13H15N5O2/c14-13-4-1-10-9-11(2-3-12(10)17-13)20-8-7-19-6-5-16-18-15/h1-4,9H,5-8H2,(H2,14,17). The van der Waals surface area contributed by atoms with Gasteiger partial charge in [0.25, 0.3) is 0 Å². The number of hydrogen-bond donors (Lipinski definition) is 1. The van der Waals surface area contributed by atoms with Crippen LogP contribution in [0.5, 0.6) is 5.75 Å². The van der Waals surface area contributed by atoms with Gasteiger partial charge in [-0.15, -0.1) is 0 Å². The molecule has 0 radical (unpaired) electrons. The second-order valence-corrected chi connectivity index (χ2v) is 4.01. The summed E-state index contributed by atoms with van der Waals surface area (Å²) in [6.07, 6.45) is 0. The molecular formula is C13H15N5O2. The number of hydrogen-bond acceptors (Lipinski definition) is 5. The highest BCUT2D eigenvalue weighted by molar-refractivity contribution is 5.81. The van der Waals surface area contributed by atoms with Crippen molar-refractivity contribution < 1.29 is 9.47 Å². The van der Waals surface area contributed by atoms with Crippen LogP contribution in [0.15, 0.2) is 35.4 Å². The molecule has 0 aliphatic carbocycles. The molecule has 1 heterocycles. The first-order chi connectivity index (χ1) is 9.79. The highest BCUT2D eigenvalue weighted by Crippen LogP contribution is 2.20. The molecule has 0 fully saturated rings. The summed E-state index contributed by atoms with van der Waals surface area (Å²) in [5, 5.41) is 4.34. The number of azide groups is 1. The molecule has 0 saturated heterocycles. The first-order valence-corrected chi connectivity index (χ1v) is 6.17. The predicted octanol–water partition coefficient (Wildman–Crippen LogP) is 2.52. The van der Waals surface area contributed by atoms with E-state index < -0.39 is 0 Å². The molecule has 0 aliphatic heterocycles. The Labute approximate surface area is 115 Å². The van der Waals surface area contributed by atoms with E-state index in [1.54, 1.807) is 6.07 Å². The van der Waals surface area contributed by atoms with E-state index in [0.29, 0.717) is 32.2 Å². The van der Waals surface area contributed by atoms with E-state index in [9.17, 15) is 0 Å². The SMILES string of the molecule is [N-]=[N+]=NCCOCCOc1ccc2nc(N)ccc2c1. The minimum Gasteiger partial charge on any atom is -0.491 e. The number of fused-ring (bicyclic) bond motifs is 1. The molecule has 0 amide bonds. The second-order valence-electron chi connectivity index (χ2n) is 4.01. The van der Waals surface area contributed by atoms with Gasteiger partial charge < -0.3 is 15.2 Å². The Morgan fingerprint density at radius 3 is 2.95 bits per heavy atom. The van der Waals surface area contributed by atoms with Gasteiger partial charge in [-0.2, -0.15) is 0 Å². The van der Waals surface area contributed by atoms with Crippen molar-refractivity contribution in [1.82, 2.24) is 4.98 Å². The van der Waals surface area contributed by atoms with Gasteiger partial charge in [-0.25, -0.2) is 4.98 Å². The van der Waals surface area contributed by atoms with Gasteiger partial charge in [0.05, 0.1) is 18.7 Å². The van der Waals surface area contributed by atoms with Crippen molar-refractivity contribution in [1.29, 1.82) is 0 Å². The number of anilines is 1. The van der Waals surface area contributed by atoms with Crippen molar-refractivity contribution in [2.45, 2.75) is 0 Å². The van der Waals surface area contributed by atoms with E-state index in [2.05, 4.69) is 15.0 Å². The zero-order chi connectivity index (χ0) is 14.2. The molecule has 2 aromatic rings. The summed E-state index contributed by atoms with van der Waals surface area (Å²) in [4.78, 5) is 6.85. The molecular weight excluding hydrogens is 258 g/mol. The van der Waals surface area contributed by atoms with Gasteiger partial charge in [0, 0.05) is 16.8 Å². The Bertz CT molecular complexity index is 625. The third-order valence-corrected chi connectivity index (χ3v) is 2.58. The lowest BCUT2D eigenvalue weighted by Gasteiger charge is -2.07. The van der Waals surface area contributed by atoms with Crippen LogP contribution in [-0.4, -0.2) is 31.3 Å². The Kier molecular flexibility index (Phi) is 5.00. The van der Waals surface area contributed by atoms with Crippen molar-refractivity contribution >= 4 is 16.7 Å². The van der Waals surface area contributed by atoms with Crippen LogP contribution >= 0.6 is 0 Å². The van der Waals surface area contributed by atoms with Crippen LogP contribution in [0, 0.1) is 0 Å². The summed E-state index contributed by atoms with van der Waals surface area (Å²) in [6.45, 7) is 1.61.